The van der Waals surface area contributed by atoms with Gasteiger partial charge in [0.15, 0.2) is 6.21 Å². The molecule has 0 spiro atoms. The normalized spacial score (nSPS) is 16.0. The second kappa shape index (κ2) is 4.33. The van der Waals surface area contributed by atoms with Crippen LogP contribution >= 0.6 is 23.2 Å². The van der Waals surface area contributed by atoms with Crippen LogP contribution in [0.3, 0.4) is 0 Å². The van der Waals surface area contributed by atoms with Gasteiger partial charge >= 0.3 is 0 Å². The van der Waals surface area contributed by atoms with Crippen molar-refractivity contribution >= 4 is 29.4 Å². The lowest BCUT2D eigenvalue weighted by Crippen LogP contribution is -2.08. The van der Waals surface area contributed by atoms with Gasteiger partial charge in [-0.25, -0.2) is 4.58 Å². The Morgan fingerprint density at radius 2 is 1.64 bits per heavy atom. The van der Waals surface area contributed by atoms with Gasteiger partial charge in [-0.1, -0.05) is 29.3 Å². The van der Waals surface area contributed by atoms with Crippen LogP contribution in [-0.2, 0) is 0 Å². The summed E-state index contributed by atoms with van der Waals surface area (Å²) >= 11 is 12.1. The van der Waals surface area contributed by atoms with Crippen molar-refractivity contribution in [1.29, 1.82) is 0 Å². The van der Waals surface area contributed by atoms with Crippen molar-refractivity contribution in [1.82, 2.24) is 0 Å². The standard InChI is InChI=1S/C11H12Cl2N/c12-10-4-3-5-11(13)9(10)8-14-6-1-2-7-14/h3-5,8H,1-2,6-7H2/q+1. The predicted octanol–water partition coefficient (Wildman–Crippen LogP) is 3.22. The fraction of sp³-hybridized carbons (Fsp3) is 0.364. The summed E-state index contributed by atoms with van der Waals surface area (Å²) < 4.78 is 2.27. The SMILES string of the molecule is Clc1cccc(Cl)c1C=[N+]1CCCC1. The Morgan fingerprint density at radius 1 is 1.07 bits per heavy atom. The molecule has 1 aromatic carbocycles. The van der Waals surface area contributed by atoms with Crippen molar-refractivity contribution in [3.63, 3.8) is 0 Å². The van der Waals surface area contributed by atoms with Gasteiger partial charge in [-0.05, 0) is 12.1 Å². The Bertz CT molecular complexity index is 343. The molecule has 0 N–H and O–H groups in total. The molecular formula is C11H12Cl2N+. The molecule has 74 valence electrons. The van der Waals surface area contributed by atoms with Crippen LogP contribution in [-0.4, -0.2) is 23.9 Å². The summed E-state index contributed by atoms with van der Waals surface area (Å²) in [6.45, 7) is 2.23. The molecule has 0 radical (unpaired) electrons. The van der Waals surface area contributed by atoms with Gasteiger partial charge in [-0.2, -0.15) is 0 Å². The summed E-state index contributed by atoms with van der Waals surface area (Å²) in [7, 11) is 0. The minimum absolute atomic E-state index is 0.726. The van der Waals surface area contributed by atoms with E-state index < -0.39 is 0 Å². The highest BCUT2D eigenvalue weighted by Crippen LogP contribution is 2.22. The Labute approximate surface area is 94.0 Å². The van der Waals surface area contributed by atoms with Gasteiger partial charge < -0.3 is 0 Å². The fourth-order valence-electron chi connectivity index (χ4n) is 1.69. The average Bonchev–Trinajstić information content (AvgIpc) is 2.64. The number of rotatable bonds is 1. The fourth-order valence-corrected chi connectivity index (χ4v) is 2.18. The third kappa shape index (κ3) is 2.10. The lowest BCUT2D eigenvalue weighted by molar-refractivity contribution is -0.500. The quantitative estimate of drug-likeness (QED) is 0.650. The summed E-state index contributed by atoms with van der Waals surface area (Å²) in [5.74, 6) is 0. The first-order chi connectivity index (χ1) is 6.77. The van der Waals surface area contributed by atoms with Crippen LogP contribution in [0.5, 0.6) is 0 Å². The zero-order chi connectivity index (χ0) is 9.97. The number of halogens is 2. The molecule has 0 atom stereocenters. The third-order valence-electron chi connectivity index (χ3n) is 2.45. The summed E-state index contributed by atoms with van der Waals surface area (Å²) in [4.78, 5) is 0. The van der Waals surface area contributed by atoms with E-state index in [0.29, 0.717) is 0 Å². The van der Waals surface area contributed by atoms with Gasteiger partial charge in [0.2, 0.25) is 0 Å². The molecule has 1 aliphatic heterocycles. The molecule has 2 rings (SSSR count). The molecule has 0 saturated carbocycles. The van der Waals surface area contributed by atoms with E-state index in [1.165, 1.54) is 12.8 Å². The molecule has 1 fully saturated rings. The Morgan fingerprint density at radius 3 is 2.21 bits per heavy atom. The summed E-state index contributed by atoms with van der Waals surface area (Å²) in [5.41, 5.74) is 0.942. The zero-order valence-electron chi connectivity index (χ0n) is 7.84. The molecule has 0 unspecified atom stereocenters. The second-order valence-electron chi connectivity index (χ2n) is 3.51. The van der Waals surface area contributed by atoms with Crippen LogP contribution in [0.15, 0.2) is 18.2 Å². The van der Waals surface area contributed by atoms with Crippen molar-refractivity contribution in [3.05, 3.63) is 33.8 Å². The molecule has 3 heteroatoms. The van der Waals surface area contributed by atoms with E-state index >= 15 is 0 Å². The van der Waals surface area contributed by atoms with Crippen molar-refractivity contribution < 1.29 is 4.58 Å². The largest absolute Gasteiger partial charge is 0.235 e. The predicted molar refractivity (Wildman–Crippen MR) is 60.9 cm³/mol. The topological polar surface area (TPSA) is 3.01 Å². The molecule has 0 aliphatic carbocycles. The van der Waals surface area contributed by atoms with E-state index in [9.17, 15) is 0 Å². The van der Waals surface area contributed by atoms with E-state index in [1.807, 2.05) is 18.2 Å². The number of nitrogens with zero attached hydrogens (tertiary/aromatic N) is 1. The van der Waals surface area contributed by atoms with Crippen LogP contribution in [0.25, 0.3) is 0 Å². The van der Waals surface area contributed by atoms with Crippen molar-refractivity contribution in [2.24, 2.45) is 0 Å². The smallest absolute Gasteiger partial charge is 0.173 e. The minimum Gasteiger partial charge on any atom is -0.235 e. The number of hydrogen-bond acceptors (Lipinski definition) is 0. The van der Waals surface area contributed by atoms with Crippen molar-refractivity contribution in [2.75, 3.05) is 13.1 Å². The van der Waals surface area contributed by atoms with E-state index in [0.717, 1.165) is 28.7 Å². The van der Waals surface area contributed by atoms with Gasteiger partial charge in [0.1, 0.15) is 13.1 Å². The van der Waals surface area contributed by atoms with Crippen LogP contribution < -0.4 is 0 Å². The van der Waals surface area contributed by atoms with E-state index in [-0.39, 0.29) is 0 Å². The third-order valence-corrected chi connectivity index (χ3v) is 3.11. The van der Waals surface area contributed by atoms with E-state index in [1.54, 1.807) is 0 Å². The van der Waals surface area contributed by atoms with E-state index in [2.05, 4.69) is 10.8 Å². The Balaban J connectivity index is 2.36. The highest BCUT2D eigenvalue weighted by Gasteiger charge is 2.14. The second-order valence-corrected chi connectivity index (χ2v) is 4.32. The highest BCUT2D eigenvalue weighted by molar-refractivity contribution is 6.38. The molecule has 1 heterocycles. The number of benzene rings is 1. The molecule has 1 saturated heterocycles. The molecule has 1 nitrogen and oxygen atoms in total. The average molecular weight is 229 g/mol. The Kier molecular flexibility index (Phi) is 3.09. The summed E-state index contributed by atoms with van der Waals surface area (Å²) in [6, 6.07) is 5.61. The van der Waals surface area contributed by atoms with Crippen LogP contribution in [0, 0.1) is 0 Å². The highest BCUT2D eigenvalue weighted by atomic mass is 35.5. The molecule has 0 bridgehead atoms. The summed E-state index contributed by atoms with van der Waals surface area (Å²) in [6.07, 6.45) is 4.59. The first-order valence-corrected chi connectivity index (χ1v) is 5.56. The van der Waals surface area contributed by atoms with Crippen LogP contribution in [0.1, 0.15) is 18.4 Å². The van der Waals surface area contributed by atoms with Gasteiger partial charge in [0.25, 0.3) is 0 Å². The molecule has 1 aromatic rings. The van der Waals surface area contributed by atoms with Crippen LogP contribution in [0.2, 0.25) is 10.0 Å². The molecule has 1 aliphatic rings. The molecule has 0 aromatic heterocycles. The van der Waals surface area contributed by atoms with Gasteiger partial charge in [-0.15, -0.1) is 0 Å². The molecule has 0 amide bonds. The lowest BCUT2D eigenvalue weighted by Gasteiger charge is -1.99. The zero-order valence-corrected chi connectivity index (χ0v) is 9.35. The maximum atomic E-state index is 6.07. The van der Waals surface area contributed by atoms with Gasteiger partial charge in [-0.3, -0.25) is 0 Å². The van der Waals surface area contributed by atoms with E-state index in [4.69, 9.17) is 23.2 Å². The first-order valence-electron chi connectivity index (χ1n) is 4.80. The minimum atomic E-state index is 0.726. The first kappa shape index (κ1) is 10.0. The maximum absolute atomic E-state index is 6.07. The Hall–Kier alpha value is -0.530. The van der Waals surface area contributed by atoms with Gasteiger partial charge in [0, 0.05) is 12.8 Å². The van der Waals surface area contributed by atoms with Crippen molar-refractivity contribution in [2.45, 2.75) is 12.8 Å². The number of hydrogen-bond donors (Lipinski definition) is 0. The van der Waals surface area contributed by atoms with Crippen molar-refractivity contribution in [3.8, 4) is 0 Å². The monoisotopic (exact) mass is 228 g/mol. The van der Waals surface area contributed by atoms with Gasteiger partial charge in [0.05, 0.1) is 15.6 Å². The summed E-state index contributed by atoms with van der Waals surface area (Å²) in [5, 5.41) is 1.45. The molecule has 14 heavy (non-hydrogen) atoms. The van der Waals surface area contributed by atoms with Crippen LogP contribution in [0.4, 0.5) is 0 Å². The molecular weight excluding hydrogens is 217 g/mol. The lowest BCUT2D eigenvalue weighted by atomic mass is 10.2. The maximum Gasteiger partial charge on any atom is 0.173 e.